The Bertz CT molecular complexity index is 1150. The first kappa shape index (κ1) is 22.5. The number of fused-ring (bicyclic) bond motifs is 1. The largest absolute Gasteiger partial charge is 0.493 e. The fraction of sp³-hybridized carbons (Fsp3) is 0.333. The molecule has 0 bridgehead atoms. The van der Waals surface area contributed by atoms with Crippen LogP contribution in [0.25, 0.3) is 5.76 Å². The molecule has 4 heteroatoms. The molecule has 1 atom stereocenters. The first-order valence-corrected chi connectivity index (χ1v) is 12.3. The van der Waals surface area contributed by atoms with E-state index in [2.05, 4.69) is 65.6 Å². The van der Waals surface area contributed by atoms with Gasteiger partial charge in [-0.15, -0.1) is 0 Å². The molecule has 0 radical (unpaired) electrons. The van der Waals surface area contributed by atoms with Crippen molar-refractivity contribution < 1.29 is 14.2 Å². The van der Waals surface area contributed by atoms with Crippen LogP contribution in [0.5, 0.6) is 17.2 Å². The quantitative estimate of drug-likeness (QED) is 0.417. The number of methoxy groups -OCH3 is 2. The maximum Gasteiger partial charge on any atom is 0.161 e. The second kappa shape index (κ2) is 10.4. The molecule has 3 aromatic rings. The zero-order chi connectivity index (χ0) is 23.3. The number of ether oxygens (including phenoxy) is 3. The van der Waals surface area contributed by atoms with E-state index in [0.29, 0.717) is 5.75 Å². The Hall–Kier alpha value is -3.24. The number of benzene rings is 3. The van der Waals surface area contributed by atoms with Gasteiger partial charge in [0.15, 0.2) is 11.5 Å². The molecule has 2 heterocycles. The minimum atomic E-state index is 0.248. The van der Waals surface area contributed by atoms with Crippen LogP contribution in [-0.4, -0.2) is 38.8 Å². The van der Waals surface area contributed by atoms with Crippen LogP contribution in [0.1, 0.15) is 41.9 Å². The third-order valence-electron chi connectivity index (χ3n) is 6.99. The van der Waals surface area contributed by atoms with E-state index in [0.717, 1.165) is 48.9 Å². The van der Waals surface area contributed by atoms with Crippen LogP contribution in [0, 0.1) is 0 Å². The van der Waals surface area contributed by atoms with Crippen LogP contribution in [0.4, 0.5) is 0 Å². The molecule has 0 aromatic heterocycles. The summed E-state index contributed by atoms with van der Waals surface area (Å²) in [5.74, 6) is 3.58. The number of piperidine rings is 1. The van der Waals surface area contributed by atoms with E-state index in [9.17, 15) is 0 Å². The van der Waals surface area contributed by atoms with Gasteiger partial charge in [0.1, 0.15) is 11.5 Å². The second-order valence-corrected chi connectivity index (χ2v) is 9.14. The fourth-order valence-electron chi connectivity index (χ4n) is 5.23. The summed E-state index contributed by atoms with van der Waals surface area (Å²) in [6.07, 6.45) is 4.80. The molecule has 0 saturated carbocycles. The summed E-state index contributed by atoms with van der Waals surface area (Å²) in [4.78, 5) is 2.59. The maximum absolute atomic E-state index is 6.67. The Balaban J connectivity index is 1.63. The summed E-state index contributed by atoms with van der Waals surface area (Å²) in [6, 6.07) is 25.4. The van der Waals surface area contributed by atoms with Gasteiger partial charge in [-0.2, -0.15) is 0 Å². The van der Waals surface area contributed by atoms with E-state index in [-0.39, 0.29) is 5.92 Å². The third kappa shape index (κ3) is 4.69. The van der Waals surface area contributed by atoms with Crippen molar-refractivity contribution in [1.82, 2.24) is 4.90 Å². The molecule has 1 fully saturated rings. The fourth-order valence-corrected chi connectivity index (χ4v) is 5.23. The van der Waals surface area contributed by atoms with E-state index >= 15 is 0 Å². The number of nitrogens with zero attached hydrogens (tertiary/aromatic N) is 1. The summed E-state index contributed by atoms with van der Waals surface area (Å²) in [6.45, 7) is 3.19. The van der Waals surface area contributed by atoms with E-state index < -0.39 is 0 Å². The van der Waals surface area contributed by atoms with Crippen molar-refractivity contribution in [1.29, 1.82) is 0 Å². The monoisotopic (exact) mass is 455 g/mol. The normalized spacial score (nSPS) is 18.2. The first-order valence-electron chi connectivity index (χ1n) is 12.3. The molecule has 176 valence electrons. The lowest BCUT2D eigenvalue weighted by Gasteiger charge is -2.35. The van der Waals surface area contributed by atoms with E-state index in [1.807, 2.05) is 12.1 Å². The van der Waals surface area contributed by atoms with Crippen LogP contribution in [0.15, 0.2) is 78.4 Å². The van der Waals surface area contributed by atoms with Crippen molar-refractivity contribution in [3.05, 3.63) is 95.1 Å². The average Bonchev–Trinajstić information content (AvgIpc) is 2.90. The zero-order valence-corrected chi connectivity index (χ0v) is 20.1. The van der Waals surface area contributed by atoms with Gasteiger partial charge in [0, 0.05) is 23.6 Å². The molecule has 1 saturated heterocycles. The highest BCUT2D eigenvalue weighted by atomic mass is 16.5. The molecule has 2 aliphatic heterocycles. The van der Waals surface area contributed by atoms with E-state index in [4.69, 9.17) is 14.2 Å². The number of rotatable bonds is 7. The van der Waals surface area contributed by atoms with Gasteiger partial charge >= 0.3 is 0 Å². The summed E-state index contributed by atoms with van der Waals surface area (Å²) in [7, 11) is 3.35. The lowest BCUT2D eigenvalue weighted by atomic mass is 9.81. The Labute approximate surface area is 202 Å². The second-order valence-electron chi connectivity index (χ2n) is 9.14. The number of hydrogen-bond donors (Lipinski definition) is 0. The minimum absolute atomic E-state index is 0.248. The lowest BCUT2D eigenvalue weighted by molar-refractivity contribution is 0.240. The molecule has 2 aliphatic rings. The molecular formula is C30H33NO3. The summed E-state index contributed by atoms with van der Waals surface area (Å²) in [5.41, 5.74) is 4.98. The summed E-state index contributed by atoms with van der Waals surface area (Å²) < 4.78 is 17.8. The Morgan fingerprint density at radius 3 is 2.32 bits per heavy atom. The van der Waals surface area contributed by atoms with Gasteiger partial charge < -0.3 is 14.2 Å². The SMILES string of the molecule is COc1ccc(C2=C(CN3CCCCC3)[C@@H](Cc3ccccc3)c3ccccc3O2)cc1OC. The predicted octanol–water partition coefficient (Wildman–Crippen LogP) is 6.32. The zero-order valence-electron chi connectivity index (χ0n) is 20.1. The van der Waals surface area contributed by atoms with Gasteiger partial charge in [-0.25, -0.2) is 0 Å². The van der Waals surface area contributed by atoms with Gasteiger partial charge in [-0.3, -0.25) is 4.90 Å². The van der Waals surface area contributed by atoms with Gasteiger partial charge in [0.25, 0.3) is 0 Å². The third-order valence-corrected chi connectivity index (χ3v) is 6.99. The molecule has 5 rings (SSSR count). The summed E-state index contributed by atoms with van der Waals surface area (Å²) >= 11 is 0. The molecule has 0 aliphatic carbocycles. The molecule has 4 nitrogen and oxygen atoms in total. The molecule has 0 spiro atoms. The highest BCUT2D eigenvalue weighted by Crippen LogP contribution is 2.45. The molecule has 34 heavy (non-hydrogen) atoms. The van der Waals surface area contributed by atoms with Crippen LogP contribution >= 0.6 is 0 Å². The number of likely N-dealkylation sites (tertiary alicyclic amines) is 1. The average molecular weight is 456 g/mol. The van der Waals surface area contributed by atoms with Crippen LogP contribution in [0.3, 0.4) is 0 Å². The van der Waals surface area contributed by atoms with Gasteiger partial charge in [0.05, 0.1) is 14.2 Å². The van der Waals surface area contributed by atoms with Crippen LogP contribution in [0.2, 0.25) is 0 Å². The topological polar surface area (TPSA) is 30.9 Å². The van der Waals surface area contributed by atoms with Crippen molar-refractivity contribution in [2.45, 2.75) is 31.6 Å². The van der Waals surface area contributed by atoms with Crippen molar-refractivity contribution in [2.24, 2.45) is 0 Å². The molecule has 0 N–H and O–H groups in total. The summed E-state index contributed by atoms with van der Waals surface area (Å²) in [5, 5.41) is 0. The predicted molar refractivity (Wildman–Crippen MR) is 137 cm³/mol. The Morgan fingerprint density at radius 1 is 0.824 bits per heavy atom. The van der Waals surface area contributed by atoms with Gasteiger partial charge in [0.2, 0.25) is 0 Å². The van der Waals surface area contributed by atoms with Crippen molar-refractivity contribution in [3.63, 3.8) is 0 Å². The van der Waals surface area contributed by atoms with Gasteiger partial charge in [-0.1, -0.05) is 55.0 Å². The first-order chi connectivity index (χ1) is 16.8. The Morgan fingerprint density at radius 2 is 1.56 bits per heavy atom. The number of para-hydroxylation sites is 1. The van der Waals surface area contributed by atoms with Gasteiger partial charge in [-0.05, 0) is 67.8 Å². The smallest absolute Gasteiger partial charge is 0.161 e. The van der Waals surface area contributed by atoms with Crippen LogP contribution in [-0.2, 0) is 6.42 Å². The number of hydrogen-bond acceptors (Lipinski definition) is 4. The molecule has 3 aromatic carbocycles. The highest BCUT2D eigenvalue weighted by Gasteiger charge is 2.32. The van der Waals surface area contributed by atoms with Crippen LogP contribution < -0.4 is 14.2 Å². The highest BCUT2D eigenvalue weighted by molar-refractivity contribution is 5.72. The Kier molecular flexibility index (Phi) is 6.87. The van der Waals surface area contributed by atoms with Crippen molar-refractivity contribution in [3.8, 4) is 17.2 Å². The standard InChI is InChI=1S/C30H33NO3/c1-32-28-16-15-23(20-29(28)33-2)30-26(21-31-17-9-4-10-18-31)25(19-22-11-5-3-6-12-22)24-13-7-8-14-27(24)34-30/h3,5-8,11-16,20,25H,4,9-10,17-19,21H2,1-2H3/t25-/m0/s1. The van der Waals surface area contributed by atoms with Crippen molar-refractivity contribution in [2.75, 3.05) is 33.9 Å². The van der Waals surface area contributed by atoms with E-state index in [1.54, 1.807) is 14.2 Å². The minimum Gasteiger partial charge on any atom is -0.493 e. The lowest BCUT2D eigenvalue weighted by Crippen LogP contribution is -2.34. The molecule has 0 unspecified atom stereocenters. The molecular weight excluding hydrogens is 422 g/mol. The van der Waals surface area contributed by atoms with Crippen molar-refractivity contribution >= 4 is 5.76 Å². The molecule has 0 amide bonds. The maximum atomic E-state index is 6.67. The van der Waals surface area contributed by atoms with E-state index in [1.165, 1.54) is 36.0 Å².